The van der Waals surface area contributed by atoms with Crippen LogP contribution in [-0.4, -0.2) is 36.1 Å². The summed E-state index contributed by atoms with van der Waals surface area (Å²) in [4.78, 5) is 23.4. The molecule has 1 aliphatic heterocycles. The number of fused-ring (bicyclic) bond motifs is 1. The first-order valence-corrected chi connectivity index (χ1v) is 9.84. The highest BCUT2D eigenvalue weighted by atomic mass is 16.5. The van der Waals surface area contributed by atoms with Crippen molar-refractivity contribution in [3.05, 3.63) is 77.7 Å². The van der Waals surface area contributed by atoms with Crippen LogP contribution in [0.4, 0.5) is 11.5 Å². The maximum Gasteiger partial charge on any atom is 0.277 e. The van der Waals surface area contributed by atoms with Gasteiger partial charge in [-0.15, -0.1) is 0 Å². The van der Waals surface area contributed by atoms with Gasteiger partial charge in [-0.3, -0.25) is 4.79 Å². The number of hydrogen-bond acceptors (Lipinski definition) is 5. The van der Waals surface area contributed by atoms with E-state index in [1.807, 2.05) is 47.4 Å². The average molecular weight is 388 g/mol. The van der Waals surface area contributed by atoms with Crippen molar-refractivity contribution < 1.29 is 9.53 Å². The van der Waals surface area contributed by atoms with Crippen molar-refractivity contribution in [2.75, 3.05) is 30.4 Å². The minimum Gasteiger partial charge on any atom is -0.496 e. The van der Waals surface area contributed by atoms with E-state index in [0.29, 0.717) is 24.6 Å². The minimum atomic E-state index is -0.0904. The van der Waals surface area contributed by atoms with Crippen LogP contribution in [0.15, 0.2) is 60.9 Å². The molecule has 0 saturated heterocycles. The quantitative estimate of drug-likeness (QED) is 0.697. The van der Waals surface area contributed by atoms with E-state index in [2.05, 4.69) is 21.4 Å². The summed E-state index contributed by atoms with van der Waals surface area (Å²) in [7, 11) is 1.67. The van der Waals surface area contributed by atoms with Crippen LogP contribution in [0, 0.1) is 0 Å². The Morgan fingerprint density at radius 2 is 1.97 bits per heavy atom. The minimum absolute atomic E-state index is 0.0904. The maximum atomic E-state index is 13.1. The van der Waals surface area contributed by atoms with Gasteiger partial charge in [-0.25, -0.2) is 9.97 Å². The molecule has 0 unspecified atom stereocenters. The van der Waals surface area contributed by atoms with Crippen LogP contribution in [0.5, 0.6) is 5.75 Å². The maximum absolute atomic E-state index is 13.1. The summed E-state index contributed by atoms with van der Waals surface area (Å²) in [5.41, 5.74) is 3.71. The highest BCUT2D eigenvalue weighted by molar-refractivity contribution is 6.05. The molecule has 1 aliphatic rings. The Kier molecular flexibility index (Phi) is 5.70. The average Bonchev–Trinajstić information content (AvgIpc) is 2.79. The molecule has 3 aromatic rings. The molecular weight excluding hydrogens is 364 g/mol. The molecule has 6 heteroatoms. The van der Waals surface area contributed by atoms with Crippen LogP contribution < -0.4 is 15.0 Å². The lowest BCUT2D eigenvalue weighted by molar-refractivity contribution is 0.0980. The molecule has 1 aromatic heterocycles. The molecule has 0 atom stereocenters. The van der Waals surface area contributed by atoms with Crippen molar-refractivity contribution in [3.63, 3.8) is 0 Å². The van der Waals surface area contributed by atoms with Crippen LogP contribution in [-0.2, 0) is 12.8 Å². The summed E-state index contributed by atoms with van der Waals surface area (Å²) in [5, 5.41) is 3.28. The number of nitrogens with one attached hydrogen (secondary N) is 1. The van der Waals surface area contributed by atoms with Gasteiger partial charge >= 0.3 is 0 Å². The summed E-state index contributed by atoms with van der Waals surface area (Å²) in [5.74, 6) is 1.42. The van der Waals surface area contributed by atoms with Crippen molar-refractivity contribution in [3.8, 4) is 5.75 Å². The number of nitrogens with zero attached hydrogens (tertiary/aromatic N) is 3. The van der Waals surface area contributed by atoms with Gasteiger partial charge in [-0.2, -0.15) is 0 Å². The standard InChI is InChI=1S/C23H24N4O2/c1-29-21-11-5-3-8-18(21)12-13-24-22-15-19(25-16-26-22)23(28)27-14-6-9-17-7-2-4-10-20(17)27/h2-5,7-8,10-11,15-16H,6,9,12-14H2,1H3,(H,24,25,26). The number of rotatable bonds is 6. The highest BCUT2D eigenvalue weighted by Crippen LogP contribution is 2.28. The van der Waals surface area contributed by atoms with Gasteiger partial charge in [0.2, 0.25) is 0 Å². The van der Waals surface area contributed by atoms with Crippen LogP contribution in [0.2, 0.25) is 0 Å². The van der Waals surface area contributed by atoms with Gasteiger partial charge in [0.25, 0.3) is 5.91 Å². The number of aryl methyl sites for hydroxylation is 1. The third-order valence-corrected chi connectivity index (χ3v) is 5.13. The van der Waals surface area contributed by atoms with E-state index in [-0.39, 0.29) is 5.91 Å². The van der Waals surface area contributed by atoms with Gasteiger partial charge in [0.05, 0.1) is 7.11 Å². The number of carbonyl (C=O) groups excluding carboxylic acids is 1. The normalized spacial score (nSPS) is 12.9. The fourth-order valence-electron chi connectivity index (χ4n) is 3.69. The molecule has 0 bridgehead atoms. The summed E-state index contributed by atoms with van der Waals surface area (Å²) >= 11 is 0. The smallest absolute Gasteiger partial charge is 0.277 e. The van der Waals surface area contributed by atoms with Gasteiger partial charge in [0, 0.05) is 24.8 Å². The third kappa shape index (κ3) is 4.21. The third-order valence-electron chi connectivity index (χ3n) is 5.13. The summed E-state index contributed by atoms with van der Waals surface area (Å²) < 4.78 is 5.39. The number of aromatic nitrogens is 2. The molecule has 6 nitrogen and oxygen atoms in total. The summed E-state index contributed by atoms with van der Waals surface area (Å²) in [6.45, 7) is 1.38. The highest BCUT2D eigenvalue weighted by Gasteiger charge is 2.24. The lowest BCUT2D eigenvalue weighted by atomic mass is 10.0. The lowest BCUT2D eigenvalue weighted by Gasteiger charge is -2.29. The van der Waals surface area contributed by atoms with Crippen molar-refractivity contribution in [2.45, 2.75) is 19.3 Å². The first kappa shape index (κ1) is 18.9. The van der Waals surface area contributed by atoms with Gasteiger partial charge in [-0.05, 0) is 42.5 Å². The fourth-order valence-corrected chi connectivity index (χ4v) is 3.69. The van der Waals surface area contributed by atoms with Crippen molar-refractivity contribution >= 4 is 17.4 Å². The van der Waals surface area contributed by atoms with E-state index in [0.717, 1.165) is 36.3 Å². The molecule has 0 radical (unpaired) electrons. The SMILES string of the molecule is COc1ccccc1CCNc1cc(C(=O)N2CCCc3ccccc32)ncn1. The monoisotopic (exact) mass is 388 g/mol. The van der Waals surface area contributed by atoms with Crippen molar-refractivity contribution in [1.29, 1.82) is 0 Å². The lowest BCUT2D eigenvalue weighted by Crippen LogP contribution is -2.36. The second-order valence-electron chi connectivity index (χ2n) is 6.97. The van der Waals surface area contributed by atoms with E-state index in [1.54, 1.807) is 13.2 Å². The number of methoxy groups -OCH3 is 1. The molecule has 4 rings (SSSR count). The zero-order valence-electron chi connectivity index (χ0n) is 16.5. The Morgan fingerprint density at radius 1 is 1.14 bits per heavy atom. The second kappa shape index (κ2) is 8.73. The molecule has 2 heterocycles. The van der Waals surface area contributed by atoms with E-state index in [4.69, 9.17) is 4.74 Å². The second-order valence-corrected chi connectivity index (χ2v) is 6.97. The number of hydrogen-bond donors (Lipinski definition) is 1. The first-order chi connectivity index (χ1) is 14.3. The Hall–Kier alpha value is -3.41. The van der Waals surface area contributed by atoms with Gasteiger partial charge in [0.15, 0.2) is 0 Å². The number of anilines is 2. The van der Waals surface area contributed by atoms with E-state index in [9.17, 15) is 4.79 Å². The number of para-hydroxylation sites is 2. The van der Waals surface area contributed by atoms with Gasteiger partial charge in [0.1, 0.15) is 23.6 Å². The van der Waals surface area contributed by atoms with Crippen LogP contribution in [0.3, 0.4) is 0 Å². The van der Waals surface area contributed by atoms with Crippen molar-refractivity contribution in [1.82, 2.24) is 9.97 Å². The van der Waals surface area contributed by atoms with Crippen LogP contribution >= 0.6 is 0 Å². The van der Waals surface area contributed by atoms with E-state index < -0.39 is 0 Å². The summed E-state index contributed by atoms with van der Waals surface area (Å²) in [6.07, 6.45) is 4.18. The van der Waals surface area contributed by atoms with Crippen LogP contribution in [0.25, 0.3) is 0 Å². The number of benzene rings is 2. The molecular formula is C23H24N4O2. The fraction of sp³-hybridized carbons (Fsp3) is 0.261. The van der Waals surface area contributed by atoms with E-state index in [1.165, 1.54) is 11.9 Å². The van der Waals surface area contributed by atoms with E-state index >= 15 is 0 Å². The summed E-state index contributed by atoms with van der Waals surface area (Å²) in [6, 6.07) is 17.7. The van der Waals surface area contributed by atoms with Crippen LogP contribution in [0.1, 0.15) is 28.0 Å². The largest absolute Gasteiger partial charge is 0.496 e. The van der Waals surface area contributed by atoms with Crippen molar-refractivity contribution in [2.24, 2.45) is 0 Å². The molecule has 2 aromatic carbocycles. The molecule has 0 fully saturated rings. The zero-order chi connectivity index (χ0) is 20.1. The predicted molar refractivity (Wildman–Crippen MR) is 114 cm³/mol. The number of carbonyl (C=O) groups is 1. The molecule has 29 heavy (non-hydrogen) atoms. The molecule has 0 saturated carbocycles. The number of amides is 1. The molecule has 148 valence electrons. The molecule has 1 amide bonds. The first-order valence-electron chi connectivity index (χ1n) is 9.84. The van der Waals surface area contributed by atoms with Gasteiger partial charge in [-0.1, -0.05) is 36.4 Å². The topological polar surface area (TPSA) is 67.3 Å². The molecule has 0 aliphatic carbocycles. The molecule has 0 spiro atoms. The Morgan fingerprint density at radius 3 is 2.86 bits per heavy atom. The zero-order valence-corrected chi connectivity index (χ0v) is 16.5. The number of ether oxygens (including phenoxy) is 1. The predicted octanol–water partition coefficient (Wildman–Crippen LogP) is 3.73. The Balaban J connectivity index is 1.44. The Bertz CT molecular complexity index is 1010. The van der Waals surface area contributed by atoms with Gasteiger partial charge < -0.3 is 15.0 Å². The molecule has 1 N–H and O–H groups in total. The Labute approximate surface area is 170 Å².